The van der Waals surface area contributed by atoms with E-state index in [1.165, 1.54) is 32.1 Å². The molecule has 0 bridgehead atoms. The Morgan fingerprint density at radius 1 is 1.44 bits per heavy atom. The summed E-state index contributed by atoms with van der Waals surface area (Å²) < 4.78 is 0. The molecule has 1 aliphatic rings. The quantitative estimate of drug-likeness (QED) is 0.686. The number of hydrogen-bond donors (Lipinski definition) is 1. The molecule has 0 aromatic heterocycles. The second-order valence-electron chi connectivity index (χ2n) is 6.16. The molecule has 1 N–H and O–H groups in total. The lowest BCUT2D eigenvalue weighted by molar-refractivity contribution is 0.112. The molecule has 2 unspecified atom stereocenters. The van der Waals surface area contributed by atoms with Crippen LogP contribution in [0.3, 0.4) is 0 Å². The average Bonchev–Trinajstić information content (AvgIpc) is 2.22. The van der Waals surface area contributed by atoms with Crippen LogP contribution in [0.2, 0.25) is 0 Å². The summed E-state index contributed by atoms with van der Waals surface area (Å²) in [5.74, 6) is 0.769. The first-order valence-electron chi connectivity index (χ1n) is 6.86. The van der Waals surface area contributed by atoms with Gasteiger partial charge in [-0.15, -0.1) is 6.58 Å². The molecule has 94 valence electrons. The molecule has 0 spiro atoms. The van der Waals surface area contributed by atoms with Gasteiger partial charge in [0.05, 0.1) is 0 Å². The topological polar surface area (TPSA) is 12.0 Å². The van der Waals surface area contributed by atoms with Gasteiger partial charge < -0.3 is 5.32 Å². The van der Waals surface area contributed by atoms with Crippen molar-refractivity contribution in [1.29, 1.82) is 0 Å². The summed E-state index contributed by atoms with van der Waals surface area (Å²) >= 11 is 0. The smallest absolute Gasteiger partial charge is 0.0246 e. The van der Waals surface area contributed by atoms with Crippen molar-refractivity contribution < 1.29 is 0 Å². The van der Waals surface area contributed by atoms with Crippen LogP contribution in [-0.2, 0) is 0 Å². The lowest BCUT2D eigenvalue weighted by Crippen LogP contribution is -2.59. The van der Waals surface area contributed by atoms with E-state index in [2.05, 4.69) is 45.7 Å². The lowest BCUT2D eigenvalue weighted by Gasteiger charge is -2.48. The Kier molecular flexibility index (Phi) is 4.61. The van der Waals surface area contributed by atoms with Gasteiger partial charge in [0.1, 0.15) is 0 Å². The Hall–Kier alpha value is -0.300. The lowest BCUT2D eigenvalue weighted by atomic mass is 9.70. The van der Waals surface area contributed by atoms with Crippen LogP contribution in [0.4, 0.5) is 0 Å². The second kappa shape index (κ2) is 5.35. The molecule has 1 heteroatoms. The van der Waals surface area contributed by atoms with E-state index in [1.54, 1.807) is 0 Å². The summed E-state index contributed by atoms with van der Waals surface area (Å²) in [5, 5.41) is 3.94. The zero-order valence-electron chi connectivity index (χ0n) is 11.6. The highest BCUT2D eigenvalue weighted by molar-refractivity contribution is 5.02. The van der Waals surface area contributed by atoms with Crippen molar-refractivity contribution in [2.75, 3.05) is 0 Å². The van der Waals surface area contributed by atoms with Crippen molar-refractivity contribution in [3.63, 3.8) is 0 Å². The van der Waals surface area contributed by atoms with E-state index in [4.69, 9.17) is 0 Å². The number of hydrogen-bond acceptors (Lipinski definition) is 1. The minimum absolute atomic E-state index is 0.245. The molecule has 0 amide bonds. The molecule has 0 aromatic carbocycles. The summed E-state index contributed by atoms with van der Waals surface area (Å²) in [6.45, 7) is 13.3. The molecule has 0 saturated heterocycles. The average molecular weight is 223 g/mol. The minimum Gasteiger partial charge on any atom is -0.306 e. The molecule has 1 aliphatic carbocycles. The van der Waals surface area contributed by atoms with Crippen LogP contribution in [0.1, 0.15) is 66.2 Å². The molecule has 16 heavy (non-hydrogen) atoms. The predicted octanol–water partition coefficient (Wildman–Crippen LogP) is 4.29. The van der Waals surface area contributed by atoms with Gasteiger partial charge in [-0.25, -0.2) is 0 Å². The van der Waals surface area contributed by atoms with Crippen LogP contribution in [0.5, 0.6) is 0 Å². The van der Waals surface area contributed by atoms with E-state index >= 15 is 0 Å². The fraction of sp³-hybridized carbons (Fsp3) is 0.867. The Morgan fingerprint density at radius 3 is 2.62 bits per heavy atom. The van der Waals surface area contributed by atoms with E-state index in [9.17, 15) is 0 Å². The van der Waals surface area contributed by atoms with Gasteiger partial charge in [-0.1, -0.05) is 32.8 Å². The van der Waals surface area contributed by atoms with Gasteiger partial charge >= 0.3 is 0 Å². The molecular weight excluding hydrogens is 194 g/mol. The molecule has 1 nitrogen and oxygen atoms in total. The molecule has 0 aromatic rings. The van der Waals surface area contributed by atoms with E-state index in [1.807, 2.05) is 0 Å². The van der Waals surface area contributed by atoms with Crippen molar-refractivity contribution in [2.24, 2.45) is 5.92 Å². The summed E-state index contributed by atoms with van der Waals surface area (Å²) in [5.41, 5.74) is 0.550. The molecule has 1 fully saturated rings. The van der Waals surface area contributed by atoms with E-state index in [0.29, 0.717) is 5.54 Å². The second-order valence-corrected chi connectivity index (χ2v) is 6.16. The van der Waals surface area contributed by atoms with Crippen LogP contribution in [0, 0.1) is 5.92 Å². The standard InChI is InChI=1S/C15H29N/c1-6-11-15(16-14(4,5)7-2)12-9-8-10-13(15)3/h6,13,16H,1,7-12H2,2-5H3. The maximum absolute atomic E-state index is 3.95. The first kappa shape index (κ1) is 13.8. The summed E-state index contributed by atoms with van der Waals surface area (Å²) in [6.07, 6.45) is 9.82. The summed E-state index contributed by atoms with van der Waals surface area (Å²) in [4.78, 5) is 0. The third kappa shape index (κ3) is 3.10. The molecule has 2 atom stereocenters. The van der Waals surface area contributed by atoms with E-state index in [0.717, 1.165) is 12.3 Å². The third-order valence-corrected chi connectivity index (χ3v) is 4.43. The molecule has 1 rings (SSSR count). The monoisotopic (exact) mass is 223 g/mol. The van der Waals surface area contributed by atoms with Gasteiger partial charge in [0, 0.05) is 11.1 Å². The normalized spacial score (nSPS) is 31.4. The summed E-state index contributed by atoms with van der Waals surface area (Å²) in [6, 6.07) is 0. The highest BCUT2D eigenvalue weighted by Crippen LogP contribution is 2.38. The van der Waals surface area contributed by atoms with Gasteiger partial charge in [-0.3, -0.25) is 0 Å². The fourth-order valence-electron chi connectivity index (χ4n) is 2.97. The first-order valence-corrected chi connectivity index (χ1v) is 6.86. The van der Waals surface area contributed by atoms with Gasteiger partial charge in [-0.05, 0) is 45.4 Å². The zero-order valence-corrected chi connectivity index (χ0v) is 11.6. The van der Waals surface area contributed by atoms with Crippen LogP contribution in [-0.4, -0.2) is 11.1 Å². The third-order valence-electron chi connectivity index (χ3n) is 4.43. The number of rotatable bonds is 5. The predicted molar refractivity (Wildman–Crippen MR) is 72.7 cm³/mol. The number of nitrogens with one attached hydrogen (secondary N) is 1. The SMILES string of the molecule is C=CCC1(NC(C)(C)CC)CCCCC1C. The Balaban J connectivity index is 2.82. The maximum atomic E-state index is 3.95. The largest absolute Gasteiger partial charge is 0.306 e. The van der Waals surface area contributed by atoms with Crippen LogP contribution in [0.25, 0.3) is 0 Å². The van der Waals surface area contributed by atoms with Gasteiger partial charge in [0.15, 0.2) is 0 Å². The van der Waals surface area contributed by atoms with Crippen molar-refractivity contribution in [2.45, 2.75) is 77.3 Å². The van der Waals surface area contributed by atoms with Crippen molar-refractivity contribution in [3.8, 4) is 0 Å². The Morgan fingerprint density at radius 2 is 2.12 bits per heavy atom. The molecule has 1 saturated carbocycles. The van der Waals surface area contributed by atoms with Crippen molar-refractivity contribution in [1.82, 2.24) is 5.32 Å². The summed E-state index contributed by atoms with van der Waals surface area (Å²) in [7, 11) is 0. The highest BCUT2D eigenvalue weighted by Gasteiger charge is 2.39. The Bertz CT molecular complexity index is 232. The van der Waals surface area contributed by atoms with Gasteiger partial charge in [0.25, 0.3) is 0 Å². The highest BCUT2D eigenvalue weighted by atomic mass is 15.1. The van der Waals surface area contributed by atoms with Crippen LogP contribution >= 0.6 is 0 Å². The maximum Gasteiger partial charge on any atom is 0.0246 e. The first-order chi connectivity index (χ1) is 7.46. The zero-order chi connectivity index (χ0) is 12.2. The van der Waals surface area contributed by atoms with Gasteiger partial charge in [0.2, 0.25) is 0 Å². The molecule has 0 radical (unpaired) electrons. The molecule has 0 aliphatic heterocycles. The minimum atomic E-state index is 0.245. The van der Waals surface area contributed by atoms with Crippen LogP contribution in [0.15, 0.2) is 12.7 Å². The van der Waals surface area contributed by atoms with Crippen molar-refractivity contribution >= 4 is 0 Å². The van der Waals surface area contributed by atoms with E-state index in [-0.39, 0.29) is 5.54 Å². The van der Waals surface area contributed by atoms with Gasteiger partial charge in [-0.2, -0.15) is 0 Å². The van der Waals surface area contributed by atoms with Crippen LogP contribution < -0.4 is 5.32 Å². The molecule has 0 heterocycles. The van der Waals surface area contributed by atoms with Crippen molar-refractivity contribution in [3.05, 3.63) is 12.7 Å². The van der Waals surface area contributed by atoms with E-state index < -0.39 is 0 Å². The molecular formula is C15H29N. The Labute approximate surface area is 102 Å². The fourth-order valence-corrected chi connectivity index (χ4v) is 2.97.